The fraction of sp³-hybridized carbons (Fsp3) is 0.571. The van der Waals surface area contributed by atoms with Crippen molar-refractivity contribution < 1.29 is 23.9 Å². The molecule has 1 unspecified atom stereocenters. The van der Waals surface area contributed by atoms with Gasteiger partial charge in [0.1, 0.15) is 6.10 Å². The molecule has 156 valence electrons. The van der Waals surface area contributed by atoms with Gasteiger partial charge in [-0.2, -0.15) is 0 Å². The van der Waals surface area contributed by atoms with E-state index in [1.54, 1.807) is 13.8 Å². The molecule has 0 bridgehead atoms. The Labute approximate surface area is 176 Å². The maximum absolute atomic E-state index is 13.0. The fourth-order valence-electron chi connectivity index (χ4n) is 2.94. The van der Waals surface area contributed by atoms with Crippen LogP contribution in [0.25, 0.3) is 0 Å². The summed E-state index contributed by atoms with van der Waals surface area (Å²) in [4.78, 5) is 37.3. The monoisotopic (exact) mass is 430 g/mol. The number of benzene rings is 1. The minimum Gasteiger partial charge on any atom is -0.461 e. The highest BCUT2D eigenvalue weighted by Gasteiger charge is 2.47. The van der Waals surface area contributed by atoms with Gasteiger partial charge in [-0.05, 0) is 37.3 Å². The fourth-order valence-corrected chi connectivity index (χ4v) is 3.49. The van der Waals surface area contributed by atoms with Gasteiger partial charge in [0.05, 0.1) is 10.6 Å². The molecule has 0 amide bonds. The number of rotatable bonds is 10. The first kappa shape index (κ1) is 24.4. The normalized spacial score (nSPS) is 12.6. The Morgan fingerprint density at radius 1 is 1.11 bits per heavy atom. The van der Waals surface area contributed by atoms with Crippen LogP contribution in [0.3, 0.4) is 0 Å². The lowest BCUT2D eigenvalue weighted by Crippen LogP contribution is -2.44. The highest BCUT2D eigenvalue weighted by molar-refractivity contribution is 6.36. The number of hydrogen-bond donors (Lipinski definition) is 0. The third-order valence-corrected chi connectivity index (χ3v) is 5.42. The first-order valence-corrected chi connectivity index (χ1v) is 10.3. The summed E-state index contributed by atoms with van der Waals surface area (Å²) in [5.41, 5.74) is -1.45. The van der Waals surface area contributed by atoms with E-state index in [9.17, 15) is 14.4 Å². The molecule has 0 saturated heterocycles. The van der Waals surface area contributed by atoms with Crippen LogP contribution in [0.2, 0.25) is 10.0 Å². The third-order valence-electron chi connectivity index (χ3n) is 4.92. The Kier molecular flexibility index (Phi) is 9.45. The van der Waals surface area contributed by atoms with E-state index >= 15 is 0 Å². The SMILES string of the molecule is CCCC(OC(=O)C(CC)(CC)C(=O)Oc1c(Cl)cc(Cl)cc1C=O)C(C)C. The molecule has 0 spiro atoms. The Morgan fingerprint density at radius 3 is 2.18 bits per heavy atom. The van der Waals surface area contributed by atoms with Gasteiger partial charge in [0.25, 0.3) is 0 Å². The van der Waals surface area contributed by atoms with Crippen molar-refractivity contribution in [2.45, 2.75) is 66.4 Å². The van der Waals surface area contributed by atoms with Gasteiger partial charge in [-0.3, -0.25) is 14.4 Å². The Bertz CT molecular complexity index is 711. The molecule has 1 aromatic carbocycles. The maximum Gasteiger partial charge on any atom is 0.328 e. The van der Waals surface area contributed by atoms with Crippen molar-refractivity contribution in [3.05, 3.63) is 27.7 Å². The zero-order valence-corrected chi connectivity index (χ0v) is 18.5. The highest BCUT2D eigenvalue weighted by atomic mass is 35.5. The van der Waals surface area contributed by atoms with Gasteiger partial charge in [-0.25, -0.2) is 0 Å². The van der Waals surface area contributed by atoms with E-state index in [2.05, 4.69) is 0 Å². The van der Waals surface area contributed by atoms with Crippen molar-refractivity contribution in [3.8, 4) is 5.75 Å². The second-order valence-corrected chi connectivity index (χ2v) is 7.92. The summed E-state index contributed by atoms with van der Waals surface area (Å²) in [5.74, 6) is -1.40. The van der Waals surface area contributed by atoms with Gasteiger partial charge in [0.2, 0.25) is 0 Å². The van der Waals surface area contributed by atoms with Gasteiger partial charge in [-0.1, -0.05) is 64.2 Å². The molecule has 0 N–H and O–H groups in total. The van der Waals surface area contributed by atoms with Gasteiger partial charge in [0.15, 0.2) is 17.5 Å². The standard InChI is InChI=1S/C21H28Cl2O5/c1-6-9-17(13(4)5)27-19(25)21(7-2,8-3)20(26)28-18-14(12-24)10-15(22)11-16(18)23/h10-13,17H,6-9H2,1-5H3. The molecular weight excluding hydrogens is 403 g/mol. The molecule has 5 nitrogen and oxygen atoms in total. The van der Waals surface area contributed by atoms with Crippen molar-refractivity contribution in [2.24, 2.45) is 11.3 Å². The van der Waals surface area contributed by atoms with E-state index in [-0.39, 0.29) is 46.2 Å². The largest absolute Gasteiger partial charge is 0.461 e. The van der Waals surface area contributed by atoms with Crippen molar-refractivity contribution in [3.63, 3.8) is 0 Å². The number of ether oxygens (including phenoxy) is 2. The molecule has 0 saturated carbocycles. The number of carbonyl (C=O) groups is 3. The van der Waals surface area contributed by atoms with E-state index in [4.69, 9.17) is 32.7 Å². The maximum atomic E-state index is 13.0. The molecular formula is C21H28Cl2O5. The molecule has 0 aliphatic rings. The van der Waals surface area contributed by atoms with Gasteiger partial charge in [-0.15, -0.1) is 0 Å². The van der Waals surface area contributed by atoms with Crippen LogP contribution in [-0.4, -0.2) is 24.3 Å². The van der Waals surface area contributed by atoms with Crippen LogP contribution in [0, 0.1) is 11.3 Å². The zero-order chi connectivity index (χ0) is 21.5. The Balaban J connectivity index is 3.21. The van der Waals surface area contributed by atoms with Crippen LogP contribution in [-0.2, 0) is 14.3 Å². The van der Waals surface area contributed by atoms with E-state index in [0.29, 0.717) is 12.7 Å². The van der Waals surface area contributed by atoms with Crippen molar-refractivity contribution in [2.75, 3.05) is 0 Å². The summed E-state index contributed by atoms with van der Waals surface area (Å²) in [5, 5.41) is 0.256. The van der Waals surface area contributed by atoms with E-state index in [1.807, 2.05) is 20.8 Å². The van der Waals surface area contributed by atoms with Crippen LogP contribution in [0.4, 0.5) is 0 Å². The lowest BCUT2D eigenvalue weighted by Gasteiger charge is -2.30. The van der Waals surface area contributed by atoms with E-state index in [0.717, 1.165) is 6.42 Å². The lowest BCUT2D eigenvalue weighted by atomic mass is 9.82. The topological polar surface area (TPSA) is 69.7 Å². The lowest BCUT2D eigenvalue weighted by molar-refractivity contribution is -0.174. The number of halogens is 2. The van der Waals surface area contributed by atoms with Crippen molar-refractivity contribution in [1.82, 2.24) is 0 Å². The van der Waals surface area contributed by atoms with Crippen molar-refractivity contribution >= 4 is 41.4 Å². The summed E-state index contributed by atoms with van der Waals surface area (Å²) in [6.45, 7) is 9.39. The Morgan fingerprint density at radius 2 is 1.71 bits per heavy atom. The zero-order valence-electron chi connectivity index (χ0n) is 17.0. The van der Waals surface area contributed by atoms with Crippen LogP contribution >= 0.6 is 23.2 Å². The smallest absolute Gasteiger partial charge is 0.328 e. The molecule has 0 fully saturated rings. The van der Waals surface area contributed by atoms with Crippen LogP contribution in [0.5, 0.6) is 5.75 Å². The molecule has 0 radical (unpaired) electrons. The molecule has 0 aliphatic carbocycles. The highest BCUT2D eigenvalue weighted by Crippen LogP contribution is 2.36. The summed E-state index contributed by atoms with van der Waals surface area (Å²) >= 11 is 12.0. The van der Waals surface area contributed by atoms with Gasteiger partial charge < -0.3 is 9.47 Å². The molecule has 0 aliphatic heterocycles. The molecule has 7 heteroatoms. The Hall–Kier alpha value is -1.59. The summed E-state index contributed by atoms with van der Waals surface area (Å²) in [6, 6.07) is 2.71. The minimum atomic E-state index is -1.48. The molecule has 0 heterocycles. The quantitative estimate of drug-likeness (QED) is 0.200. The minimum absolute atomic E-state index is 0.0171. The number of aldehydes is 1. The van der Waals surface area contributed by atoms with E-state index < -0.39 is 17.4 Å². The first-order valence-electron chi connectivity index (χ1n) is 9.54. The van der Waals surface area contributed by atoms with Crippen LogP contribution in [0.15, 0.2) is 12.1 Å². The van der Waals surface area contributed by atoms with E-state index in [1.165, 1.54) is 12.1 Å². The first-order chi connectivity index (χ1) is 13.2. The summed E-state index contributed by atoms with van der Waals surface area (Å²) < 4.78 is 11.1. The predicted molar refractivity (Wildman–Crippen MR) is 110 cm³/mol. The molecule has 1 aromatic rings. The number of hydrogen-bond acceptors (Lipinski definition) is 5. The van der Waals surface area contributed by atoms with Gasteiger partial charge >= 0.3 is 11.9 Å². The molecule has 1 atom stereocenters. The average Bonchev–Trinajstić information content (AvgIpc) is 2.64. The summed E-state index contributed by atoms with van der Waals surface area (Å²) in [6.07, 6.45) is 2.16. The van der Waals surface area contributed by atoms with Crippen LogP contribution in [0.1, 0.15) is 70.7 Å². The number of esters is 2. The summed E-state index contributed by atoms with van der Waals surface area (Å²) in [7, 11) is 0. The number of carbonyl (C=O) groups excluding carboxylic acids is 3. The predicted octanol–water partition coefficient (Wildman–Crippen LogP) is 5.89. The molecule has 28 heavy (non-hydrogen) atoms. The second-order valence-electron chi connectivity index (χ2n) is 7.08. The molecule has 0 aromatic heterocycles. The molecule has 1 rings (SSSR count). The average molecular weight is 431 g/mol. The second kappa shape index (κ2) is 10.8. The van der Waals surface area contributed by atoms with Crippen molar-refractivity contribution in [1.29, 1.82) is 0 Å². The third kappa shape index (κ3) is 5.48. The van der Waals surface area contributed by atoms with Gasteiger partial charge in [0, 0.05) is 5.02 Å². The van der Waals surface area contributed by atoms with Crippen LogP contribution < -0.4 is 4.74 Å².